The van der Waals surface area contributed by atoms with Gasteiger partial charge in [0.2, 0.25) is 0 Å². The second kappa shape index (κ2) is 17.5. The Balaban J connectivity index is 0.000000304. The van der Waals surface area contributed by atoms with Crippen LogP contribution in [-0.4, -0.2) is 9.97 Å². The molecule has 3 heterocycles. The van der Waals surface area contributed by atoms with Crippen LogP contribution in [0.3, 0.4) is 0 Å². The van der Waals surface area contributed by atoms with Gasteiger partial charge in [0.25, 0.3) is 0 Å². The van der Waals surface area contributed by atoms with Crippen LogP contribution in [0.1, 0.15) is 126 Å². The van der Waals surface area contributed by atoms with Gasteiger partial charge in [0.05, 0.1) is 5.58 Å². The number of furan rings is 1. The van der Waals surface area contributed by atoms with E-state index in [0.717, 1.165) is 56.8 Å². The predicted octanol–water partition coefficient (Wildman–Crippen LogP) is 18.3. The maximum atomic E-state index is 12.8. The Morgan fingerprint density at radius 3 is 1.92 bits per heavy atom. The maximum Gasteiger partial charge on any atom is 0.121 e. The molecule has 3 aromatic heterocycles. The van der Waals surface area contributed by atoms with E-state index in [9.17, 15) is 4.39 Å². The molecule has 0 amide bonds. The monoisotopic (exact) mass is 1130 g/mol. The van der Waals surface area contributed by atoms with Crippen molar-refractivity contribution in [3.63, 3.8) is 0 Å². The Bertz CT molecular complexity index is 3810. The number of aromatic nitrogens is 2. The van der Waals surface area contributed by atoms with Crippen molar-refractivity contribution in [1.82, 2.24) is 9.97 Å². The van der Waals surface area contributed by atoms with Gasteiger partial charge in [-0.3, -0.25) is 4.39 Å². The minimum Gasteiger partial charge on any atom is -0.501 e. The van der Waals surface area contributed by atoms with Crippen LogP contribution in [-0.2, 0) is 47.2 Å². The summed E-state index contributed by atoms with van der Waals surface area (Å²) in [5.74, 6) is -0.278. The van der Waals surface area contributed by atoms with Crippen molar-refractivity contribution in [1.29, 1.82) is 0 Å². The largest absolute Gasteiger partial charge is 0.501 e. The predicted molar refractivity (Wildman–Crippen MR) is 295 cm³/mol. The van der Waals surface area contributed by atoms with Crippen molar-refractivity contribution in [3.05, 3.63) is 191 Å². The van der Waals surface area contributed by atoms with Gasteiger partial charge in [0, 0.05) is 47.8 Å². The molecule has 0 N–H and O–H groups in total. The molecule has 10 aromatic rings. The fourth-order valence-electron chi connectivity index (χ4n) is 12.7. The summed E-state index contributed by atoms with van der Waals surface area (Å²) in [6, 6.07) is 48.9. The van der Waals surface area contributed by atoms with E-state index in [2.05, 4.69) is 178 Å². The molecule has 0 bridgehead atoms. The summed E-state index contributed by atoms with van der Waals surface area (Å²) in [6.07, 6.45) is 5.57. The summed E-state index contributed by atoms with van der Waals surface area (Å²) in [7, 11) is 0. The van der Waals surface area contributed by atoms with Crippen LogP contribution in [0.4, 0.5) is 4.39 Å². The number of nitrogens with zero attached hydrogens (tertiary/aromatic N) is 2. The van der Waals surface area contributed by atoms with Crippen molar-refractivity contribution in [2.24, 2.45) is 0 Å². The third kappa shape index (κ3) is 8.41. The summed E-state index contributed by atoms with van der Waals surface area (Å²) >= 11 is 0. The first-order valence-corrected chi connectivity index (χ1v) is 25.0. The summed E-state index contributed by atoms with van der Waals surface area (Å²) in [4.78, 5) is 9.16. The van der Waals surface area contributed by atoms with Gasteiger partial charge >= 0.3 is 0 Å². The van der Waals surface area contributed by atoms with E-state index >= 15 is 0 Å². The minimum absolute atomic E-state index is 0. The first kappa shape index (κ1) is 45.6. The second-order valence-corrected chi connectivity index (χ2v) is 23.8. The number of pyridine rings is 2. The number of hydrogen-bond donors (Lipinski definition) is 0. The van der Waals surface area contributed by atoms with Gasteiger partial charge in [-0.2, -0.15) is 0 Å². The molecule has 0 atom stereocenters. The molecule has 7 aromatic carbocycles. The van der Waals surface area contributed by atoms with Crippen LogP contribution >= 0.6 is 0 Å². The Morgan fingerprint density at radius 2 is 1.28 bits per heavy atom. The van der Waals surface area contributed by atoms with Gasteiger partial charge in [0.1, 0.15) is 5.58 Å². The third-order valence-corrected chi connectivity index (χ3v) is 15.5. The fourth-order valence-corrected chi connectivity index (χ4v) is 12.7. The molecule has 2 aliphatic rings. The van der Waals surface area contributed by atoms with Crippen molar-refractivity contribution in [2.75, 3.05) is 0 Å². The van der Waals surface area contributed by atoms with Gasteiger partial charge < -0.3 is 14.4 Å². The van der Waals surface area contributed by atoms with Crippen molar-refractivity contribution in [3.8, 4) is 44.8 Å². The van der Waals surface area contributed by atoms with Crippen LogP contribution < -0.4 is 0 Å². The molecule has 2 aliphatic carbocycles. The molecule has 0 saturated heterocycles. The summed E-state index contributed by atoms with van der Waals surface area (Å²) < 4.78 is 45.1. The van der Waals surface area contributed by atoms with E-state index in [0.29, 0.717) is 22.4 Å². The van der Waals surface area contributed by atoms with Gasteiger partial charge in [-0.25, -0.2) is 0 Å². The zero-order valence-corrected chi connectivity index (χ0v) is 45.6. The Hall–Kier alpha value is -6.26. The zero-order valence-electron chi connectivity index (χ0n) is 46.2. The van der Waals surface area contributed by atoms with Crippen LogP contribution in [0.5, 0.6) is 0 Å². The van der Waals surface area contributed by atoms with Gasteiger partial charge in [-0.15, -0.1) is 48.0 Å². The molecular formula is C67H63FIrN2O-2. The average Bonchev–Trinajstić information content (AvgIpc) is 3.88. The number of benzene rings is 7. The molecule has 3 nitrogen and oxygen atoms in total. The fraction of sp³-hybridized carbons (Fsp3) is 0.284. The zero-order chi connectivity index (χ0) is 52.5. The first-order chi connectivity index (χ1) is 34.8. The van der Waals surface area contributed by atoms with E-state index < -0.39 is 6.85 Å². The van der Waals surface area contributed by atoms with Gasteiger partial charge in [0.15, 0.2) is 0 Å². The van der Waals surface area contributed by atoms with Gasteiger partial charge in [-0.05, 0) is 147 Å². The van der Waals surface area contributed by atoms with Crippen LogP contribution in [0.15, 0.2) is 144 Å². The topological polar surface area (TPSA) is 38.9 Å². The number of halogens is 1. The van der Waals surface area contributed by atoms with Crippen molar-refractivity contribution < 1.29 is 33.0 Å². The van der Waals surface area contributed by atoms with E-state index in [1.807, 2.05) is 30.5 Å². The minimum atomic E-state index is -2.36. The normalized spacial score (nSPS) is 16.9. The van der Waals surface area contributed by atoms with E-state index in [4.69, 9.17) is 13.5 Å². The first-order valence-electron chi connectivity index (χ1n) is 26.5. The molecule has 0 aliphatic heterocycles. The smallest absolute Gasteiger partial charge is 0.121 e. The second-order valence-electron chi connectivity index (χ2n) is 23.8. The number of aryl methyl sites for hydroxylation is 1. The summed E-state index contributed by atoms with van der Waals surface area (Å²) in [5.41, 5.74) is 16.0. The average molecular weight is 1130 g/mol. The van der Waals surface area contributed by atoms with E-state index in [1.165, 1.54) is 68.0 Å². The number of rotatable bonds is 4. The quantitative estimate of drug-likeness (QED) is 0.130. The Kier molecular flexibility index (Phi) is 11.1. The van der Waals surface area contributed by atoms with Crippen molar-refractivity contribution in [2.45, 2.75) is 123 Å². The molecule has 12 rings (SSSR count). The molecule has 0 fully saturated rings. The van der Waals surface area contributed by atoms with E-state index in [-0.39, 0.29) is 58.6 Å². The molecule has 72 heavy (non-hydrogen) atoms. The third-order valence-electron chi connectivity index (χ3n) is 15.5. The number of fused-ring (bicyclic) bond motifs is 8. The Labute approximate surface area is 442 Å². The molecule has 1 radical (unpaired) electrons. The van der Waals surface area contributed by atoms with Crippen LogP contribution in [0, 0.1) is 24.8 Å². The number of hydrogen-bond acceptors (Lipinski definition) is 3. The SMILES string of the molecule is CC(C)(C)c1ccc(-c2[c-]cc(F)cc2)nc1.[2H]C([2H])([2H])c1cnc(-c2[c-]ccc3c2oc2cc4c(ccc5ccccc54)cc23)cc1-c1ccc(-c2c3c(cc4c2C(C)(C)CC4(C)C)C(C)(C)CC3(C)C)cc1.[Ir]. The standard InChI is InChI=1S/C52H48NO.C15H15FN.Ir/c1-30-27-53-43(37-16-12-15-36-40-23-34-22-19-31-13-10-11-14-35(31)39(34)25-44(40)54-48(36)37)24-38(30)32-17-20-33(21-18-32)45-46-41(49(2,3)28-51(46,6)7)26-42-47(45)52(8,9)29-50(42,4)5;1-15(2,3)12-6-9-14(17-10-12)11-4-7-13(16)8-5-11;/h10-15,17-27H,28-29H2,1-9H3;4,6-10H,1-3H3;/q2*-1;/i1D3;;. The van der Waals surface area contributed by atoms with Crippen LogP contribution in [0.2, 0.25) is 0 Å². The maximum absolute atomic E-state index is 12.8. The molecular weight excluding hydrogens is 1060 g/mol. The van der Waals surface area contributed by atoms with E-state index in [1.54, 1.807) is 6.07 Å². The Morgan fingerprint density at radius 1 is 0.611 bits per heavy atom. The molecule has 0 unspecified atom stereocenters. The molecule has 0 spiro atoms. The summed E-state index contributed by atoms with van der Waals surface area (Å²) in [6.45, 7) is 23.3. The molecule has 365 valence electrons. The summed E-state index contributed by atoms with van der Waals surface area (Å²) in [5, 5.41) is 6.65. The van der Waals surface area contributed by atoms with Crippen LogP contribution in [0.25, 0.3) is 88.3 Å². The molecule has 5 heteroatoms. The molecule has 0 saturated carbocycles. The van der Waals surface area contributed by atoms with Gasteiger partial charge in [-0.1, -0.05) is 172 Å². The van der Waals surface area contributed by atoms with Crippen molar-refractivity contribution >= 4 is 43.5 Å².